The molecule has 4 aromatic rings. The van der Waals surface area contributed by atoms with E-state index in [9.17, 15) is 4.79 Å². The van der Waals surface area contributed by atoms with E-state index in [1.54, 1.807) is 6.21 Å². The normalized spacial score (nSPS) is 11.4. The zero-order valence-electron chi connectivity index (χ0n) is 16.5. The number of nitrogens with zero attached hydrogens (tertiary/aromatic N) is 2. The van der Waals surface area contributed by atoms with Crippen molar-refractivity contribution in [1.29, 1.82) is 0 Å². The van der Waals surface area contributed by atoms with Crippen LogP contribution in [0.1, 0.15) is 28.3 Å². The van der Waals surface area contributed by atoms with Crippen molar-refractivity contribution in [3.05, 3.63) is 107 Å². The van der Waals surface area contributed by atoms with E-state index in [4.69, 9.17) is 0 Å². The Kier molecular flexibility index (Phi) is 5.25. The third-order valence-electron chi connectivity index (χ3n) is 5.34. The summed E-state index contributed by atoms with van der Waals surface area (Å²) < 4.78 is 2.13. The molecule has 1 N–H and O–H groups in total. The van der Waals surface area contributed by atoms with Gasteiger partial charge in [0, 0.05) is 29.2 Å². The summed E-state index contributed by atoms with van der Waals surface area (Å²) in [7, 11) is 2.04. The maximum Gasteiger partial charge on any atom is 0.252 e. The van der Waals surface area contributed by atoms with Gasteiger partial charge in [0.05, 0.1) is 12.1 Å². The van der Waals surface area contributed by atoms with Crippen molar-refractivity contribution in [2.24, 2.45) is 12.1 Å². The highest BCUT2D eigenvalue weighted by Gasteiger charge is 2.22. The molecule has 144 valence electrons. The highest BCUT2D eigenvalue weighted by Crippen LogP contribution is 2.25. The second-order valence-corrected chi connectivity index (χ2v) is 7.06. The van der Waals surface area contributed by atoms with Crippen LogP contribution in [0.15, 0.2) is 90.0 Å². The second-order valence-electron chi connectivity index (χ2n) is 7.06. The Balaban J connectivity index is 1.62. The van der Waals surface area contributed by atoms with Crippen molar-refractivity contribution in [3.8, 4) is 0 Å². The zero-order chi connectivity index (χ0) is 20.2. The van der Waals surface area contributed by atoms with Gasteiger partial charge in [0.15, 0.2) is 0 Å². The molecule has 0 radical (unpaired) electrons. The molecule has 0 bridgehead atoms. The monoisotopic (exact) mass is 381 g/mol. The largest absolute Gasteiger partial charge is 0.347 e. The molecule has 4 nitrogen and oxygen atoms in total. The first-order chi connectivity index (χ1) is 14.2. The number of benzene rings is 3. The molecule has 0 aliphatic rings. The van der Waals surface area contributed by atoms with E-state index >= 15 is 0 Å². The van der Waals surface area contributed by atoms with Gasteiger partial charge in [0.25, 0.3) is 5.91 Å². The van der Waals surface area contributed by atoms with Gasteiger partial charge in [-0.05, 0) is 24.1 Å². The van der Waals surface area contributed by atoms with Crippen LogP contribution in [-0.2, 0) is 11.8 Å². The van der Waals surface area contributed by atoms with Crippen molar-refractivity contribution < 1.29 is 4.79 Å². The number of hydrogen-bond donors (Lipinski definition) is 1. The van der Waals surface area contributed by atoms with Gasteiger partial charge in [-0.3, -0.25) is 4.79 Å². The molecule has 0 saturated carbocycles. The van der Waals surface area contributed by atoms with Gasteiger partial charge in [-0.15, -0.1) is 0 Å². The van der Waals surface area contributed by atoms with Crippen LogP contribution in [0.25, 0.3) is 10.9 Å². The summed E-state index contributed by atoms with van der Waals surface area (Å²) in [5.41, 5.74) is 7.89. The molecule has 0 atom stereocenters. The van der Waals surface area contributed by atoms with Crippen LogP contribution in [0.4, 0.5) is 0 Å². The number of aromatic nitrogens is 1. The summed E-state index contributed by atoms with van der Waals surface area (Å²) in [5.74, 6) is -0.570. The number of nitrogens with one attached hydrogen (secondary N) is 1. The first-order valence-electron chi connectivity index (χ1n) is 9.63. The predicted octanol–water partition coefficient (Wildman–Crippen LogP) is 4.77. The molecule has 0 saturated heterocycles. The van der Waals surface area contributed by atoms with E-state index in [0.717, 1.165) is 33.3 Å². The Hall–Kier alpha value is -3.66. The minimum absolute atomic E-state index is 0.156. The number of hydrogen-bond acceptors (Lipinski definition) is 2. The smallest absolute Gasteiger partial charge is 0.252 e. The number of amides is 1. The minimum atomic E-state index is -0.414. The quantitative estimate of drug-likeness (QED) is 0.393. The van der Waals surface area contributed by atoms with Crippen molar-refractivity contribution in [1.82, 2.24) is 9.99 Å². The van der Waals surface area contributed by atoms with E-state index < -0.39 is 5.92 Å². The summed E-state index contributed by atoms with van der Waals surface area (Å²) in [5, 5.41) is 5.42. The summed E-state index contributed by atoms with van der Waals surface area (Å²) in [6.45, 7) is 2.06. The molecule has 0 aliphatic heterocycles. The number of para-hydroxylation sites is 1. The van der Waals surface area contributed by atoms with E-state index in [-0.39, 0.29) is 5.91 Å². The Labute approximate surface area is 170 Å². The Morgan fingerprint density at radius 1 is 0.897 bits per heavy atom. The van der Waals surface area contributed by atoms with Crippen molar-refractivity contribution in [3.63, 3.8) is 0 Å². The van der Waals surface area contributed by atoms with E-state index in [2.05, 4.69) is 34.2 Å². The lowest BCUT2D eigenvalue weighted by Gasteiger charge is -2.16. The first-order valence-corrected chi connectivity index (χ1v) is 9.63. The third kappa shape index (κ3) is 3.69. The summed E-state index contributed by atoms with van der Waals surface area (Å²) in [6, 6.07) is 27.7. The highest BCUT2D eigenvalue weighted by atomic mass is 16.2. The molecule has 1 amide bonds. The molecule has 0 aliphatic carbocycles. The fourth-order valence-electron chi connectivity index (χ4n) is 3.72. The average molecular weight is 381 g/mol. The third-order valence-corrected chi connectivity index (χ3v) is 5.34. The molecule has 4 heteroatoms. The maximum atomic E-state index is 13.1. The van der Waals surface area contributed by atoms with E-state index in [0.29, 0.717) is 0 Å². The SMILES string of the molecule is Cc1c(/C=N\NC(=O)C(c2ccccc2)c2ccccc2)c2ccccc2n1C. The molecule has 4 rings (SSSR count). The molecule has 0 fully saturated rings. The van der Waals surface area contributed by atoms with Crippen LogP contribution >= 0.6 is 0 Å². The first kappa shape index (κ1) is 18.7. The molecule has 3 aromatic carbocycles. The van der Waals surface area contributed by atoms with Crippen molar-refractivity contribution in [2.45, 2.75) is 12.8 Å². The van der Waals surface area contributed by atoms with Crippen LogP contribution in [-0.4, -0.2) is 16.7 Å². The number of carbonyl (C=O) groups excluding carboxylic acids is 1. The Morgan fingerprint density at radius 3 is 2.07 bits per heavy atom. The highest BCUT2D eigenvalue weighted by molar-refractivity contribution is 6.01. The summed E-state index contributed by atoms with van der Waals surface area (Å²) >= 11 is 0. The average Bonchev–Trinajstić information content (AvgIpc) is 3.00. The minimum Gasteiger partial charge on any atom is -0.347 e. The number of fused-ring (bicyclic) bond motifs is 1. The van der Waals surface area contributed by atoms with Crippen LogP contribution in [0.5, 0.6) is 0 Å². The second kappa shape index (κ2) is 8.15. The van der Waals surface area contributed by atoms with Gasteiger partial charge < -0.3 is 4.57 Å². The van der Waals surface area contributed by atoms with Gasteiger partial charge in [0.2, 0.25) is 0 Å². The van der Waals surface area contributed by atoms with Crippen molar-refractivity contribution >= 4 is 23.0 Å². The van der Waals surface area contributed by atoms with Crippen LogP contribution in [0.3, 0.4) is 0 Å². The van der Waals surface area contributed by atoms with Crippen LogP contribution in [0.2, 0.25) is 0 Å². The molecule has 0 spiro atoms. The van der Waals surface area contributed by atoms with Gasteiger partial charge in [-0.25, -0.2) is 5.43 Å². The Bertz CT molecular complexity index is 1120. The van der Waals surface area contributed by atoms with Crippen LogP contribution in [0, 0.1) is 6.92 Å². The lowest BCUT2D eigenvalue weighted by atomic mass is 9.91. The summed E-state index contributed by atoms with van der Waals surface area (Å²) in [4.78, 5) is 13.1. The van der Waals surface area contributed by atoms with Gasteiger partial charge in [0.1, 0.15) is 0 Å². The van der Waals surface area contributed by atoms with E-state index in [1.807, 2.05) is 79.8 Å². The maximum absolute atomic E-state index is 13.1. The van der Waals surface area contributed by atoms with Gasteiger partial charge in [-0.1, -0.05) is 78.9 Å². The number of hydrazone groups is 1. The van der Waals surface area contributed by atoms with Crippen LogP contribution < -0.4 is 5.43 Å². The number of carbonyl (C=O) groups is 1. The topological polar surface area (TPSA) is 46.4 Å². The fourth-order valence-corrected chi connectivity index (χ4v) is 3.72. The lowest BCUT2D eigenvalue weighted by Crippen LogP contribution is -2.26. The number of aryl methyl sites for hydroxylation is 1. The molecule has 0 unspecified atom stereocenters. The van der Waals surface area contributed by atoms with Gasteiger partial charge >= 0.3 is 0 Å². The molecule has 1 heterocycles. The van der Waals surface area contributed by atoms with E-state index in [1.165, 1.54) is 0 Å². The van der Waals surface area contributed by atoms with Gasteiger partial charge in [-0.2, -0.15) is 5.10 Å². The van der Waals surface area contributed by atoms with Crippen molar-refractivity contribution in [2.75, 3.05) is 0 Å². The fraction of sp³-hybridized carbons (Fsp3) is 0.120. The molecule has 29 heavy (non-hydrogen) atoms. The zero-order valence-corrected chi connectivity index (χ0v) is 16.5. The molecule has 1 aromatic heterocycles. The standard InChI is InChI=1S/C25H23N3O/c1-18-22(21-15-9-10-16-23(21)28(18)2)17-26-27-25(29)24(19-11-5-3-6-12-19)20-13-7-4-8-14-20/h3-17,24H,1-2H3,(H,27,29)/b26-17-. The molecular formula is C25H23N3O. The predicted molar refractivity (Wildman–Crippen MR) is 118 cm³/mol. The number of rotatable bonds is 5. The Morgan fingerprint density at radius 2 is 1.45 bits per heavy atom. The summed E-state index contributed by atoms with van der Waals surface area (Å²) in [6.07, 6.45) is 1.74. The molecular weight excluding hydrogens is 358 g/mol. The lowest BCUT2D eigenvalue weighted by molar-refractivity contribution is -0.121.